The second-order valence-corrected chi connectivity index (χ2v) is 8.17. The molecule has 2 aliphatic rings. The molecule has 1 N–H and O–H groups in total. The maximum Gasteiger partial charge on any atom is 0.263 e. The number of benzene rings is 1. The first-order chi connectivity index (χ1) is 12.7. The van der Waals surface area contributed by atoms with Crippen LogP contribution in [0.4, 0.5) is 0 Å². The Bertz CT molecular complexity index is 779. The van der Waals surface area contributed by atoms with Crippen molar-refractivity contribution in [3.63, 3.8) is 0 Å². The van der Waals surface area contributed by atoms with Gasteiger partial charge in [0.2, 0.25) is 0 Å². The molecule has 0 spiro atoms. The lowest BCUT2D eigenvalue weighted by Crippen LogP contribution is -2.22. The number of aromatic nitrogens is 1. The van der Waals surface area contributed by atoms with Gasteiger partial charge in [-0.3, -0.25) is 4.79 Å². The summed E-state index contributed by atoms with van der Waals surface area (Å²) >= 11 is 1.42. The van der Waals surface area contributed by atoms with E-state index in [1.165, 1.54) is 24.2 Å². The number of hydrogen-bond donors (Lipinski definition) is 1. The summed E-state index contributed by atoms with van der Waals surface area (Å²) in [5, 5.41) is 3.89. The van der Waals surface area contributed by atoms with E-state index in [2.05, 4.69) is 17.2 Å². The zero-order valence-electron chi connectivity index (χ0n) is 15.0. The normalized spacial score (nSPS) is 19.5. The second kappa shape index (κ2) is 7.76. The average Bonchev–Trinajstić information content (AvgIpc) is 3.11. The van der Waals surface area contributed by atoms with Crippen LogP contribution >= 0.6 is 11.3 Å². The third kappa shape index (κ3) is 4.24. The van der Waals surface area contributed by atoms with Crippen molar-refractivity contribution in [1.29, 1.82) is 0 Å². The van der Waals surface area contributed by atoms with Gasteiger partial charge in [0.1, 0.15) is 21.7 Å². The van der Waals surface area contributed by atoms with Crippen molar-refractivity contribution in [2.45, 2.75) is 45.3 Å². The summed E-state index contributed by atoms with van der Waals surface area (Å²) in [7, 11) is 0. The summed E-state index contributed by atoms with van der Waals surface area (Å²) in [6, 6.07) is 6.13. The molecular weight excluding hydrogens is 348 g/mol. The number of carbonyl (C=O) groups excluding carboxylic acids is 1. The second-order valence-electron chi connectivity index (χ2n) is 7.11. The fraction of sp³-hybridized carbons (Fsp3) is 0.500. The van der Waals surface area contributed by atoms with Gasteiger partial charge in [-0.1, -0.05) is 12.1 Å². The Balaban J connectivity index is 1.37. The van der Waals surface area contributed by atoms with Crippen molar-refractivity contribution in [2.75, 3.05) is 13.2 Å². The first-order valence-electron chi connectivity index (χ1n) is 9.27. The molecule has 4 rings (SSSR count). The van der Waals surface area contributed by atoms with Gasteiger partial charge in [-0.05, 0) is 50.2 Å². The molecule has 6 heteroatoms. The molecule has 26 heavy (non-hydrogen) atoms. The highest BCUT2D eigenvalue weighted by Gasteiger charge is 2.23. The van der Waals surface area contributed by atoms with Gasteiger partial charge in [-0.25, -0.2) is 4.98 Å². The molecule has 1 unspecified atom stereocenters. The topological polar surface area (TPSA) is 60.5 Å². The minimum absolute atomic E-state index is 0.0566. The van der Waals surface area contributed by atoms with Gasteiger partial charge in [-0.15, -0.1) is 11.3 Å². The average molecular weight is 372 g/mol. The Hall–Kier alpha value is -1.92. The summed E-state index contributed by atoms with van der Waals surface area (Å²) in [5.41, 5.74) is 2.17. The van der Waals surface area contributed by atoms with Crippen LogP contribution in [0, 0.1) is 12.8 Å². The molecule has 2 heterocycles. The summed E-state index contributed by atoms with van der Waals surface area (Å²) in [4.78, 5) is 17.5. The fourth-order valence-corrected chi connectivity index (χ4v) is 3.93. The first-order valence-corrected chi connectivity index (χ1v) is 10.1. The van der Waals surface area contributed by atoms with Crippen molar-refractivity contribution in [1.82, 2.24) is 10.3 Å². The van der Waals surface area contributed by atoms with E-state index in [1.54, 1.807) is 6.20 Å². The van der Waals surface area contributed by atoms with Crippen LogP contribution in [-0.2, 0) is 11.3 Å². The van der Waals surface area contributed by atoms with E-state index < -0.39 is 0 Å². The summed E-state index contributed by atoms with van der Waals surface area (Å²) in [6.45, 7) is 4.05. The zero-order valence-corrected chi connectivity index (χ0v) is 15.8. The minimum atomic E-state index is -0.0968. The molecule has 0 bridgehead atoms. The van der Waals surface area contributed by atoms with E-state index in [-0.39, 0.29) is 12.0 Å². The van der Waals surface area contributed by atoms with Crippen LogP contribution in [0.15, 0.2) is 24.4 Å². The molecule has 1 atom stereocenters. The van der Waals surface area contributed by atoms with Crippen LogP contribution in [0.1, 0.15) is 57.6 Å². The molecule has 2 aromatic rings. The van der Waals surface area contributed by atoms with Gasteiger partial charge in [0.05, 0.1) is 12.8 Å². The zero-order chi connectivity index (χ0) is 17.9. The molecule has 1 aliphatic carbocycles. The van der Waals surface area contributed by atoms with E-state index in [4.69, 9.17) is 9.47 Å². The Labute approximate surface area is 157 Å². The van der Waals surface area contributed by atoms with Gasteiger partial charge >= 0.3 is 0 Å². The lowest BCUT2D eigenvalue weighted by Gasteiger charge is -2.13. The number of carbonyl (C=O) groups is 1. The summed E-state index contributed by atoms with van der Waals surface area (Å²) in [5.74, 6) is 1.48. The SMILES string of the molecule is Cc1ccc(CNC(=O)c2cnc(C3CCCO3)s2)c(OCC2CC2)c1. The lowest BCUT2D eigenvalue weighted by molar-refractivity contribution is 0.0954. The van der Waals surface area contributed by atoms with Gasteiger partial charge < -0.3 is 14.8 Å². The Morgan fingerprint density at radius 1 is 1.38 bits per heavy atom. The van der Waals surface area contributed by atoms with E-state index in [0.717, 1.165) is 47.9 Å². The van der Waals surface area contributed by atoms with Crippen molar-refractivity contribution < 1.29 is 14.3 Å². The van der Waals surface area contributed by atoms with Crippen LogP contribution < -0.4 is 10.1 Å². The predicted molar refractivity (Wildman–Crippen MR) is 101 cm³/mol. The maximum atomic E-state index is 12.5. The van der Waals surface area contributed by atoms with E-state index >= 15 is 0 Å². The van der Waals surface area contributed by atoms with Crippen molar-refractivity contribution in [3.05, 3.63) is 45.4 Å². The highest BCUT2D eigenvalue weighted by Crippen LogP contribution is 2.32. The number of amides is 1. The van der Waals surface area contributed by atoms with Crippen LogP contribution in [0.2, 0.25) is 0 Å². The highest BCUT2D eigenvalue weighted by atomic mass is 32.1. The lowest BCUT2D eigenvalue weighted by atomic mass is 10.1. The van der Waals surface area contributed by atoms with Crippen LogP contribution in [0.3, 0.4) is 0 Å². The number of aryl methyl sites for hydroxylation is 1. The molecule has 2 fully saturated rings. The van der Waals surface area contributed by atoms with E-state index in [9.17, 15) is 4.79 Å². The summed E-state index contributed by atoms with van der Waals surface area (Å²) in [6.07, 6.45) is 6.27. The van der Waals surface area contributed by atoms with E-state index in [1.807, 2.05) is 18.2 Å². The third-order valence-corrected chi connectivity index (χ3v) is 5.87. The minimum Gasteiger partial charge on any atom is -0.493 e. The highest BCUT2D eigenvalue weighted by molar-refractivity contribution is 7.13. The molecular formula is C20H24N2O3S. The molecule has 138 valence electrons. The molecule has 1 saturated carbocycles. The first kappa shape index (κ1) is 17.5. The number of hydrogen-bond acceptors (Lipinski definition) is 5. The number of rotatable bonds is 7. The fourth-order valence-electron chi connectivity index (χ4n) is 3.01. The third-order valence-electron chi connectivity index (χ3n) is 4.79. The number of nitrogens with one attached hydrogen (secondary N) is 1. The van der Waals surface area contributed by atoms with Gasteiger partial charge in [0.25, 0.3) is 5.91 Å². The van der Waals surface area contributed by atoms with Crippen LogP contribution in [0.25, 0.3) is 0 Å². The van der Waals surface area contributed by atoms with Crippen molar-refractivity contribution in [2.24, 2.45) is 5.92 Å². The predicted octanol–water partition coefficient (Wildman–Crippen LogP) is 4.02. The maximum absolute atomic E-state index is 12.5. The van der Waals surface area contributed by atoms with Crippen molar-refractivity contribution in [3.8, 4) is 5.75 Å². The van der Waals surface area contributed by atoms with Gasteiger partial charge in [0.15, 0.2) is 0 Å². The van der Waals surface area contributed by atoms with Crippen LogP contribution in [0.5, 0.6) is 5.75 Å². The number of nitrogens with zero attached hydrogens (tertiary/aromatic N) is 1. The number of ether oxygens (including phenoxy) is 2. The van der Waals surface area contributed by atoms with Crippen molar-refractivity contribution >= 4 is 17.2 Å². The molecule has 5 nitrogen and oxygen atoms in total. The largest absolute Gasteiger partial charge is 0.493 e. The quantitative estimate of drug-likeness (QED) is 0.797. The molecule has 0 radical (unpaired) electrons. The Kier molecular flexibility index (Phi) is 5.22. The summed E-state index contributed by atoms with van der Waals surface area (Å²) < 4.78 is 11.6. The monoisotopic (exact) mass is 372 g/mol. The Morgan fingerprint density at radius 3 is 3.04 bits per heavy atom. The smallest absolute Gasteiger partial charge is 0.263 e. The van der Waals surface area contributed by atoms with Gasteiger partial charge in [0, 0.05) is 18.7 Å². The molecule has 1 aromatic heterocycles. The molecule has 1 amide bonds. The molecule has 1 aromatic carbocycles. The Morgan fingerprint density at radius 2 is 2.27 bits per heavy atom. The molecule has 1 saturated heterocycles. The van der Waals surface area contributed by atoms with E-state index in [0.29, 0.717) is 17.3 Å². The van der Waals surface area contributed by atoms with Crippen LogP contribution in [-0.4, -0.2) is 24.1 Å². The van der Waals surface area contributed by atoms with Gasteiger partial charge in [-0.2, -0.15) is 0 Å². The number of thiazole rings is 1. The standard InChI is InChI=1S/C20H24N2O3S/c1-13-4-7-15(17(9-13)25-12-14-5-6-14)10-21-19(23)18-11-22-20(26-18)16-3-2-8-24-16/h4,7,9,11,14,16H,2-3,5-6,8,10,12H2,1H3,(H,21,23). The molecule has 1 aliphatic heterocycles.